The fourth-order valence-corrected chi connectivity index (χ4v) is 4.88. The molecule has 1 aliphatic rings. The van der Waals surface area contributed by atoms with Gasteiger partial charge < -0.3 is 29.4 Å². The molecule has 43 heavy (non-hydrogen) atoms. The summed E-state index contributed by atoms with van der Waals surface area (Å²) in [7, 11) is 3.13. The maximum absolute atomic E-state index is 14.2. The zero-order valence-electron chi connectivity index (χ0n) is 24.2. The summed E-state index contributed by atoms with van der Waals surface area (Å²) in [5.41, 5.74) is 10.4. The second-order valence-electron chi connectivity index (χ2n) is 9.73. The number of rotatable bonds is 15. The molecule has 0 aromatic heterocycles. The summed E-state index contributed by atoms with van der Waals surface area (Å²) in [5.74, 6) is 1.75. The van der Waals surface area contributed by atoms with E-state index in [1.54, 1.807) is 56.7 Å². The van der Waals surface area contributed by atoms with E-state index >= 15 is 0 Å². The summed E-state index contributed by atoms with van der Waals surface area (Å²) in [5, 5.41) is 15.8. The fraction of sp³-hybridized carbons (Fsp3) is 0.312. The third-order valence-electron chi connectivity index (χ3n) is 7.06. The van der Waals surface area contributed by atoms with Crippen molar-refractivity contribution < 1.29 is 28.8 Å². The first-order valence-electron chi connectivity index (χ1n) is 13.8. The lowest BCUT2D eigenvalue weighted by molar-refractivity contribution is -0.129. The molecule has 11 heteroatoms. The average Bonchev–Trinajstić information content (AvgIpc) is 3.43. The molecule has 0 saturated carbocycles. The lowest BCUT2D eigenvalue weighted by Crippen LogP contribution is -2.48. The highest BCUT2D eigenvalue weighted by Gasteiger charge is 2.53. The Morgan fingerprint density at radius 2 is 1.91 bits per heavy atom. The number of nitrogens with one attached hydrogen (secondary N) is 1. The molecular formula is C32H35N5O6. The molecule has 11 nitrogen and oxygen atoms in total. The predicted molar refractivity (Wildman–Crippen MR) is 162 cm³/mol. The van der Waals surface area contributed by atoms with Gasteiger partial charge in [0, 0.05) is 48.1 Å². The third-order valence-corrected chi connectivity index (χ3v) is 7.06. The second kappa shape index (κ2) is 14.8. The van der Waals surface area contributed by atoms with Crippen LogP contribution in [0.2, 0.25) is 0 Å². The number of methoxy groups -OCH3 is 2. The van der Waals surface area contributed by atoms with Gasteiger partial charge in [0.05, 0.1) is 27.4 Å². The summed E-state index contributed by atoms with van der Waals surface area (Å²) >= 11 is 0. The van der Waals surface area contributed by atoms with Crippen LogP contribution in [0.25, 0.3) is 10.4 Å². The van der Waals surface area contributed by atoms with Gasteiger partial charge in [0.25, 0.3) is 5.91 Å². The van der Waals surface area contributed by atoms with Crippen LogP contribution in [-0.4, -0.2) is 49.9 Å². The van der Waals surface area contributed by atoms with E-state index in [4.69, 9.17) is 34.6 Å². The van der Waals surface area contributed by atoms with Crippen molar-refractivity contribution in [1.82, 2.24) is 5.32 Å². The zero-order chi connectivity index (χ0) is 30.7. The van der Waals surface area contributed by atoms with Crippen LogP contribution in [0.1, 0.15) is 41.2 Å². The quantitative estimate of drug-likeness (QED) is 0.0800. The van der Waals surface area contributed by atoms with Gasteiger partial charge >= 0.3 is 0 Å². The van der Waals surface area contributed by atoms with Crippen molar-refractivity contribution in [1.29, 1.82) is 0 Å². The Hall–Kier alpha value is -4.99. The van der Waals surface area contributed by atoms with E-state index in [9.17, 15) is 4.79 Å². The molecule has 0 aliphatic carbocycles. The molecule has 1 aliphatic heterocycles. The van der Waals surface area contributed by atoms with Crippen LogP contribution in [0.3, 0.4) is 0 Å². The highest BCUT2D eigenvalue weighted by Crippen LogP contribution is 2.44. The molecule has 0 bridgehead atoms. The van der Waals surface area contributed by atoms with Crippen molar-refractivity contribution in [2.24, 2.45) is 10.1 Å². The highest BCUT2D eigenvalue weighted by atomic mass is 16.5. The van der Waals surface area contributed by atoms with Gasteiger partial charge in [-0.15, -0.1) is 6.58 Å². The maximum Gasteiger partial charge on any atom is 0.252 e. The van der Waals surface area contributed by atoms with Gasteiger partial charge in [-0.2, -0.15) is 0 Å². The lowest BCUT2D eigenvalue weighted by atomic mass is 9.82. The molecule has 4 rings (SSSR count). The number of nitrogens with zero attached hydrogens (tertiary/aromatic N) is 4. The Morgan fingerprint density at radius 1 is 1.14 bits per heavy atom. The minimum atomic E-state index is -1.42. The van der Waals surface area contributed by atoms with E-state index in [-0.39, 0.29) is 37.9 Å². The Balaban J connectivity index is 1.73. The number of benzene rings is 3. The van der Waals surface area contributed by atoms with E-state index < -0.39 is 11.6 Å². The fourth-order valence-electron chi connectivity index (χ4n) is 4.88. The SMILES string of the molecule is C=CC[C@@]1(C(=O)NCc2ccc(OC)cc2OC)N=C(c2ccc(OCCCO)cc2)O[C@@H]1c1ccccc1CN=[N+]=[N-]. The van der Waals surface area contributed by atoms with Crippen LogP contribution in [0.5, 0.6) is 17.2 Å². The number of azide groups is 1. The summed E-state index contributed by atoms with van der Waals surface area (Å²) in [6.45, 7) is 4.60. The van der Waals surface area contributed by atoms with Crippen molar-refractivity contribution in [2.45, 2.75) is 37.6 Å². The van der Waals surface area contributed by atoms with Crippen molar-refractivity contribution >= 4 is 11.8 Å². The maximum atomic E-state index is 14.2. The van der Waals surface area contributed by atoms with Crippen LogP contribution >= 0.6 is 0 Å². The van der Waals surface area contributed by atoms with Crippen LogP contribution in [0.4, 0.5) is 0 Å². The second-order valence-corrected chi connectivity index (χ2v) is 9.73. The Morgan fingerprint density at radius 3 is 2.60 bits per heavy atom. The molecule has 2 N–H and O–H groups in total. The van der Waals surface area contributed by atoms with E-state index in [2.05, 4.69) is 21.9 Å². The number of aliphatic hydroxyl groups excluding tert-OH is 1. The molecule has 1 amide bonds. The van der Waals surface area contributed by atoms with Crippen LogP contribution < -0.4 is 19.5 Å². The first kappa shape index (κ1) is 31.0. The number of aliphatic hydroxyl groups is 1. The number of carbonyl (C=O) groups excluding carboxylic acids is 1. The average molecular weight is 586 g/mol. The molecule has 0 unspecified atom stereocenters. The molecule has 0 spiro atoms. The minimum absolute atomic E-state index is 0.0456. The van der Waals surface area contributed by atoms with E-state index in [0.29, 0.717) is 47.0 Å². The molecule has 0 fully saturated rings. The number of carbonyl (C=O) groups is 1. The van der Waals surface area contributed by atoms with Crippen LogP contribution in [-0.2, 0) is 22.6 Å². The molecule has 2 atom stereocenters. The van der Waals surface area contributed by atoms with E-state index in [1.165, 1.54) is 0 Å². The molecule has 224 valence electrons. The normalized spacial score (nSPS) is 17.2. The Kier molecular flexibility index (Phi) is 10.6. The van der Waals surface area contributed by atoms with Gasteiger partial charge in [-0.05, 0) is 53.1 Å². The van der Waals surface area contributed by atoms with Crippen molar-refractivity contribution in [3.8, 4) is 17.2 Å². The van der Waals surface area contributed by atoms with E-state index in [1.807, 2.05) is 30.3 Å². The molecule has 3 aromatic rings. The Labute approximate surface area is 250 Å². The molecule has 0 saturated heterocycles. The number of hydrogen-bond donors (Lipinski definition) is 2. The monoisotopic (exact) mass is 585 g/mol. The topological polar surface area (TPSA) is 147 Å². The van der Waals surface area contributed by atoms with Crippen LogP contribution in [0, 0.1) is 0 Å². The smallest absolute Gasteiger partial charge is 0.252 e. The third kappa shape index (κ3) is 7.09. The van der Waals surface area contributed by atoms with Gasteiger partial charge in [-0.25, -0.2) is 4.99 Å². The first-order chi connectivity index (χ1) is 21.0. The predicted octanol–water partition coefficient (Wildman–Crippen LogP) is 5.42. The number of amides is 1. The van der Waals surface area contributed by atoms with Gasteiger partial charge in [0.2, 0.25) is 5.90 Å². The van der Waals surface area contributed by atoms with E-state index in [0.717, 1.165) is 5.56 Å². The summed E-state index contributed by atoms with van der Waals surface area (Å²) in [6, 6.07) is 19.9. The van der Waals surface area contributed by atoms with Gasteiger partial charge in [-0.3, -0.25) is 4.79 Å². The lowest BCUT2D eigenvalue weighted by Gasteiger charge is -2.31. The van der Waals surface area contributed by atoms with Crippen molar-refractivity contribution in [3.05, 3.63) is 112 Å². The number of aliphatic imine (C=N–C) groups is 1. The highest BCUT2D eigenvalue weighted by molar-refractivity contribution is 6.01. The summed E-state index contributed by atoms with van der Waals surface area (Å²) in [6.07, 6.45) is 1.50. The largest absolute Gasteiger partial charge is 0.497 e. The first-order valence-corrected chi connectivity index (χ1v) is 13.8. The Bertz CT molecular complexity index is 1500. The van der Waals surface area contributed by atoms with Crippen molar-refractivity contribution in [3.63, 3.8) is 0 Å². The van der Waals surface area contributed by atoms with Crippen molar-refractivity contribution in [2.75, 3.05) is 27.4 Å². The number of hydrogen-bond acceptors (Lipinski definition) is 8. The summed E-state index contributed by atoms with van der Waals surface area (Å²) in [4.78, 5) is 22.0. The van der Waals surface area contributed by atoms with Gasteiger partial charge in [0.15, 0.2) is 11.6 Å². The molecule has 1 heterocycles. The number of ether oxygens (including phenoxy) is 4. The molecule has 0 radical (unpaired) electrons. The van der Waals surface area contributed by atoms with Gasteiger partial charge in [0.1, 0.15) is 17.2 Å². The van der Waals surface area contributed by atoms with Crippen LogP contribution in [0.15, 0.2) is 89.5 Å². The molecule has 3 aromatic carbocycles. The summed E-state index contributed by atoms with van der Waals surface area (Å²) < 4.78 is 23.0. The van der Waals surface area contributed by atoms with Gasteiger partial charge in [-0.1, -0.05) is 35.5 Å². The standard InChI is InChI=1S/C32H35N5O6/c1-4-16-32(31(39)34-20-24-12-15-26(40-2)19-28(24)41-3)29(27-9-6-5-8-23(27)21-35-37-33)43-30(36-32)22-10-13-25(14-11-22)42-18-7-17-38/h4-6,8-15,19,29,38H,1,7,16-18,20-21H2,2-3H3,(H,34,39)/t29-,32-/m1/s1. The zero-order valence-corrected chi connectivity index (χ0v) is 24.2. The minimum Gasteiger partial charge on any atom is -0.497 e. The molecular weight excluding hydrogens is 550 g/mol.